The standard InChI is InChI=1S/C23H31ClN2OS/c24-21-9-7-19(23(26-21)28-18-4-2-1-3-5-18)22(27)25-20-8-6-15-10-14-11-16(15)13-17(20)12-14/h7,9,14-18,20H,1-6,8,10-13H2,(H,25,27)/t14?,15?,16?,17?,20-/m1/s1. The van der Waals surface area contributed by atoms with Gasteiger partial charge in [-0.25, -0.2) is 4.98 Å². The maximum atomic E-state index is 13.2. The fourth-order valence-electron chi connectivity index (χ4n) is 6.50. The van der Waals surface area contributed by atoms with Crippen molar-refractivity contribution in [2.24, 2.45) is 23.7 Å². The lowest BCUT2D eigenvalue weighted by molar-refractivity contribution is 0.0898. The van der Waals surface area contributed by atoms with E-state index in [1.165, 1.54) is 64.2 Å². The molecule has 1 N–H and O–H groups in total. The fourth-order valence-corrected chi connectivity index (χ4v) is 8.02. The van der Waals surface area contributed by atoms with E-state index in [1.54, 1.807) is 17.8 Å². The summed E-state index contributed by atoms with van der Waals surface area (Å²) < 4.78 is 0. The van der Waals surface area contributed by atoms with Gasteiger partial charge in [0, 0.05) is 11.3 Å². The number of amides is 1. The molecule has 1 amide bonds. The van der Waals surface area contributed by atoms with Crippen molar-refractivity contribution >= 4 is 29.3 Å². The van der Waals surface area contributed by atoms with E-state index in [0.717, 1.165) is 34.8 Å². The van der Waals surface area contributed by atoms with Gasteiger partial charge in [-0.2, -0.15) is 0 Å². The van der Waals surface area contributed by atoms with Gasteiger partial charge < -0.3 is 5.32 Å². The third kappa shape index (κ3) is 3.96. The van der Waals surface area contributed by atoms with Crippen molar-refractivity contribution in [2.75, 3.05) is 0 Å². The SMILES string of the molecule is O=C(N[C@@H]1CCC2CC3CC2CC1C3)c1ccc(Cl)nc1SC1CCCCC1. The van der Waals surface area contributed by atoms with Gasteiger partial charge in [-0.05, 0) is 87.2 Å². The monoisotopic (exact) mass is 418 g/mol. The number of thioether (sulfide) groups is 1. The molecule has 4 fully saturated rings. The number of carbonyl (C=O) groups is 1. The van der Waals surface area contributed by atoms with Crippen molar-refractivity contribution in [1.82, 2.24) is 10.3 Å². The zero-order valence-electron chi connectivity index (χ0n) is 16.5. The van der Waals surface area contributed by atoms with Crippen LogP contribution in [0.4, 0.5) is 0 Å². The van der Waals surface area contributed by atoms with E-state index in [9.17, 15) is 4.79 Å². The van der Waals surface area contributed by atoms with Gasteiger partial charge in [0.25, 0.3) is 5.91 Å². The van der Waals surface area contributed by atoms with Crippen LogP contribution in [0, 0.1) is 23.7 Å². The number of hydrogen-bond acceptors (Lipinski definition) is 3. The predicted octanol–water partition coefficient (Wildman–Crippen LogP) is 6.10. The van der Waals surface area contributed by atoms with Crippen LogP contribution in [-0.2, 0) is 0 Å². The van der Waals surface area contributed by atoms with Crippen LogP contribution in [0.25, 0.3) is 0 Å². The van der Waals surface area contributed by atoms with Crippen molar-refractivity contribution < 1.29 is 4.79 Å². The Balaban J connectivity index is 1.31. The lowest BCUT2D eigenvalue weighted by atomic mass is 9.77. The molecule has 5 rings (SSSR count). The van der Waals surface area contributed by atoms with E-state index in [1.807, 2.05) is 6.07 Å². The van der Waals surface area contributed by atoms with Gasteiger partial charge in [0.05, 0.1) is 5.56 Å². The van der Waals surface area contributed by atoms with Crippen LogP contribution in [0.15, 0.2) is 17.2 Å². The number of fused-ring (bicyclic) bond motifs is 2. The lowest BCUT2D eigenvalue weighted by Crippen LogP contribution is -2.42. The Labute approximate surface area is 177 Å². The Morgan fingerprint density at radius 2 is 1.75 bits per heavy atom. The molecule has 3 bridgehead atoms. The number of nitrogens with one attached hydrogen (secondary N) is 1. The predicted molar refractivity (Wildman–Crippen MR) is 115 cm³/mol. The van der Waals surface area contributed by atoms with Crippen molar-refractivity contribution in [3.05, 3.63) is 22.8 Å². The molecule has 0 radical (unpaired) electrons. The Morgan fingerprint density at radius 1 is 0.964 bits per heavy atom. The molecular weight excluding hydrogens is 388 g/mol. The third-order valence-electron chi connectivity index (χ3n) is 7.82. The van der Waals surface area contributed by atoms with Crippen molar-refractivity contribution in [3.63, 3.8) is 0 Å². The number of halogens is 1. The molecule has 4 saturated carbocycles. The fraction of sp³-hybridized carbons (Fsp3) is 0.739. The van der Waals surface area contributed by atoms with Crippen LogP contribution in [0.2, 0.25) is 5.15 Å². The summed E-state index contributed by atoms with van der Waals surface area (Å²) in [4.78, 5) is 17.8. The van der Waals surface area contributed by atoms with Crippen molar-refractivity contribution in [3.8, 4) is 0 Å². The van der Waals surface area contributed by atoms with Gasteiger partial charge >= 0.3 is 0 Å². The van der Waals surface area contributed by atoms with Gasteiger partial charge in [-0.1, -0.05) is 30.9 Å². The van der Waals surface area contributed by atoms with E-state index in [2.05, 4.69) is 10.3 Å². The van der Waals surface area contributed by atoms with Gasteiger partial charge in [0.2, 0.25) is 0 Å². The van der Waals surface area contributed by atoms with Crippen molar-refractivity contribution in [2.45, 2.75) is 86.9 Å². The molecule has 0 spiro atoms. The van der Waals surface area contributed by atoms with Gasteiger partial charge in [-0.15, -0.1) is 11.8 Å². The highest BCUT2D eigenvalue weighted by Crippen LogP contribution is 2.53. The van der Waals surface area contributed by atoms with E-state index >= 15 is 0 Å². The molecule has 4 aliphatic rings. The van der Waals surface area contributed by atoms with Crippen LogP contribution in [-0.4, -0.2) is 22.2 Å². The Morgan fingerprint density at radius 3 is 2.61 bits per heavy atom. The van der Waals surface area contributed by atoms with Gasteiger partial charge in [0.1, 0.15) is 10.2 Å². The second-order valence-electron chi connectivity index (χ2n) is 9.61. The highest BCUT2D eigenvalue weighted by Gasteiger charge is 2.45. The number of nitrogens with zero attached hydrogens (tertiary/aromatic N) is 1. The second-order valence-corrected chi connectivity index (χ2v) is 11.3. The minimum Gasteiger partial charge on any atom is -0.349 e. The van der Waals surface area contributed by atoms with Crippen LogP contribution >= 0.6 is 23.4 Å². The molecule has 4 aliphatic carbocycles. The minimum atomic E-state index is 0.0603. The Hall–Kier alpha value is -0.740. The highest BCUT2D eigenvalue weighted by molar-refractivity contribution is 7.99. The average Bonchev–Trinajstić information content (AvgIpc) is 2.92. The summed E-state index contributed by atoms with van der Waals surface area (Å²) in [5.41, 5.74) is 0.724. The maximum Gasteiger partial charge on any atom is 0.254 e. The topological polar surface area (TPSA) is 42.0 Å². The number of pyridine rings is 1. The number of hydrogen-bond donors (Lipinski definition) is 1. The maximum absolute atomic E-state index is 13.2. The number of carbonyl (C=O) groups excluding carboxylic acids is 1. The largest absolute Gasteiger partial charge is 0.349 e. The number of rotatable bonds is 4. The van der Waals surface area contributed by atoms with Crippen LogP contribution in [0.1, 0.15) is 81.0 Å². The first-order valence-corrected chi connectivity index (χ1v) is 12.6. The molecule has 5 atom stereocenters. The van der Waals surface area contributed by atoms with Crippen LogP contribution < -0.4 is 5.32 Å². The molecule has 1 heterocycles. The summed E-state index contributed by atoms with van der Waals surface area (Å²) in [6.45, 7) is 0. The lowest BCUT2D eigenvalue weighted by Gasteiger charge is -2.33. The first-order chi connectivity index (χ1) is 13.7. The summed E-state index contributed by atoms with van der Waals surface area (Å²) in [5.74, 6) is 3.51. The summed E-state index contributed by atoms with van der Waals surface area (Å²) in [7, 11) is 0. The molecule has 0 saturated heterocycles. The van der Waals surface area contributed by atoms with E-state index in [4.69, 9.17) is 11.6 Å². The van der Waals surface area contributed by atoms with Crippen molar-refractivity contribution in [1.29, 1.82) is 0 Å². The average molecular weight is 419 g/mol. The molecule has 0 aliphatic heterocycles. The quantitative estimate of drug-likeness (QED) is 0.600. The molecule has 4 unspecified atom stereocenters. The molecule has 3 nitrogen and oxygen atoms in total. The summed E-state index contributed by atoms with van der Waals surface area (Å²) >= 11 is 7.96. The minimum absolute atomic E-state index is 0.0603. The first-order valence-electron chi connectivity index (χ1n) is 11.3. The Kier molecular flexibility index (Phi) is 5.62. The zero-order valence-corrected chi connectivity index (χ0v) is 18.1. The summed E-state index contributed by atoms with van der Waals surface area (Å²) in [6, 6.07) is 3.99. The molecule has 0 aromatic carbocycles. The van der Waals surface area contributed by atoms with Gasteiger partial charge in [-0.3, -0.25) is 4.79 Å². The van der Waals surface area contributed by atoms with Crippen LogP contribution in [0.5, 0.6) is 0 Å². The molecule has 28 heavy (non-hydrogen) atoms. The normalized spacial score (nSPS) is 35.0. The van der Waals surface area contributed by atoms with E-state index in [-0.39, 0.29) is 5.91 Å². The Bertz CT molecular complexity index is 735. The van der Waals surface area contributed by atoms with Gasteiger partial charge in [0.15, 0.2) is 0 Å². The van der Waals surface area contributed by atoms with Crippen LogP contribution in [0.3, 0.4) is 0 Å². The number of aromatic nitrogens is 1. The molecular formula is C23H31ClN2OS. The third-order valence-corrected chi connectivity index (χ3v) is 9.37. The van der Waals surface area contributed by atoms with E-state index < -0.39 is 0 Å². The second kappa shape index (κ2) is 8.18. The molecule has 1 aromatic heterocycles. The molecule has 1 aromatic rings. The summed E-state index contributed by atoms with van der Waals surface area (Å²) in [6.07, 6.45) is 14.3. The summed E-state index contributed by atoms with van der Waals surface area (Å²) in [5, 5.41) is 5.31. The first kappa shape index (κ1) is 19.2. The highest BCUT2D eigenvalue weighted by atomic mass is 35.5. The van der Waals surface area contributed by atoms with E-state index in [0.29, 0.717) is 22.4 Å². The zero-order chi connectivity index (χ0) is 19.1. The molecule has 5 heteroatoms. The molecule has 152 valence electrons. The smallest absolute Gasteiger partial charge is 0.254 e.